The number of likely N-dealkylation sites (N-methyl/N-ethyl adjacent to an activating group) is 1. The molecular formula is C26H27ClFN3O4S. The predicted octanol–water partition coefficient (Wildman–Crippen LogP) is 4.15. The first-order valence-electron chi connectivity index (χ1n) is 11.1. The second kappa shape index (κ2) is 11.5. The second-order valence-electron chi connectivity index (χ2n) is 8.18. The van der Waals surface area contributed by atoms with Crippen LogP contribution in [0.5, 0.6) is 0 Å². The molecule has 7 nitrogen and oxygen atoms in total. The lowest BCUT2D eigenvalue weighted by molar-refractivity contribution is -0.139. The highest BCUT2D eigenvalue weighted by atomic mass is 35.5. The first kappa shape index (κ1) is 27.2. The van der Waals surface area contributed by atoms with Crippen molar-refractivity contribution in [2.75, 3.05) is 17.9 Å². The van der Waals surface area contributed by atoms with Crippen LogP contribution >= 0.6 is 11.6 Å². The van der Waals surface area contributed by atoms with Crippen molar-refractivity contribution in [3.8, 4) is 0 Å². The Morgan fingerprint density at radius 2 is 1.61 bits per heavy atom. The summed E-state index contributed by atoms with van der Waals surface area (Å²) in [6.07, 6.45) is 0. The van der Waals surface area contributed by atoms with E-state index < -0.39 is 40.2 Å². The van der Waals surface area contributed by atoms with E-state index in [0.717, 1.165) is 14.8 Å². The fraction of sp³-hybridized carbons (Fsp3) is 0.231. The van der Waals surface area contributed by atoms with E-state index >= 15 is 0 Å². The summed E-state index contributed by atoms with van der Waals surface area (Å²) in [6, 6.07) is 17.3. The molecule has 0 fully saturated rings. The van der Waals surface area contributed by atoms with Gasteiger partial charge in [0.2, 0.25) is 11.8 Å². The monoisotopic (exact) mass is 531 g/mol. The Morgan fingerprint density at radius 3 is 2.22 bits per heavy atom. The number of nitrogens with one attached hydrogen (secondary N) is 1. The average molecular weight is 532 g/mol. The molecule has 0 aliphatic heterocycles. The highest BCUT2D eigenvalue weighted by Crippen LogP contribution is 2.31. The SMILES string of the molecule is CNC(=O)C(C)N(Cc1ccccc1F)C(=O)CN(c1ccccc1Cl)S(=O)(=O)c1ccc(C)cc1. The van der Waals surface area contributed by atoms with Crippen LogP contribution in [0, 0.1) is 12.7 Å². The Morgan fingerprint density at radius 1 is 1.00 bits per heavy atom. The smallest absolute Gasteiger partial charge is 0.264 e. The Balaban J connectivity index is 2.06. The van der Waals surface area contributed by atoms with Crippen LogP contribution in [0.4, 0.5) is 10.1 Å². The maximum Gasteiger partial charge on any atom is 0.264 e. The lowest BCUT2D eigenvalue weighted by atomic mass is 10.1. The molecule has 0 spiro atoms. The molecule has 3 rings (SSSR count). The summed E-state index contributed by atoms with van der Waals surface area (Å²) in [7, 11) is -2.81. The molecule has 0 aliphatic rings. The third-order valence-corrected chi connectivity index (χ3v) is 7.81. The van der Waals surface area contributed by atoms with Crippen molar-refractivity contribution in [1.82, 2.24) is 10.2 Å². The molecule has 3 aromatic rings. The highest BCUT2D eigenvalue weighted by Gasteiger charge is 2.33. The number of amides is 2. The van der Waals surface area contributed by atoms with E-state index in [1.807, 2.05) is 6.92 Å². The quantitative estimate of drug-likeness (QED) is 0.449. The lowest BCUT2D eigenvalue weighted by Crippen LogP contribution is -2.50. The summed E-state index contributed by atoms with van der Waals surface area (Å²) in [5, 5.41) is 2.60. The van der Waals surface area contributed by atoms with Gasteiger partial charge < -0.3 is 10.2 Å². The Labute approximate surface area is 215 Å². The van der Waals surface area contributed by atoms with Gasteiger partial charge in [-0.05, 0) is 44.2 Å². The van der Waals surface area contributed by atoms with Gasteiger partial charge in [-0.25, -0.2) is 12.8 Å². The number of anilines is 1. The fourth-order valence-corrected chi connectivity index (χ4v) is 5.33. The van der Waals surface area contributed by atoms with Crippen LogP contribution in [-0.2, 0) is 26.2 Å². The second-order valence-corrected chi connectivity index (χ2v) is 10.4. The molecular weight excluding hydrogens is 505 g/mol. The summed E-state index contributed by atoms with van der Waals surface area (Å²) in [5.74, 6) is -1.73. The molecule has 0 saturated carbocycles. The van der Waals surface area contributed by atoms with Crippen molar-refractivity contribution >= 4 is 39.1 Å². The Bertz CT molecular complexity index is 1350. The highest BCUT2D eigenvalue weighted by molar-refractivity contribution is 7.92. The number of nitrogens with zero attached hydrogens (tertiary/aromatic N) is 2. The van der Waals surface area contributed by atoms with Gasteiger partial charge in [-0.2, -0.15) is 0 Å². The van der Waals surface area contributed by atoms with Crippen LogP contribution in [0.1, 0.15) is 18.1 Å². The molecule has 0 saturated heterocycles. The van der Waals surface area contributed by atoms with E-state index in [-0.39, 0.29) is 27.7 Å². The van der Waals surface area contributed by atoms with E-state index in [4.69, 9.17) is 11.6 Å². The zero-order chi connectivity index (χ0) is 26.5. The number of para-hydroxylation sites is 1. The van der Waals surface area contributed by atoms with Crippen molar-refractivity contribution in [2.45, 2.75) is 31.3 Å². The van der Waals surface area contributed by atoms with Crippen molar-refractivity contribution in [3.63, 3.8) is 0 Å². The lowest BCUT2D eigenvalue weighted by Gasteiger charge is -2.32. The first-order valence-corrected chi connectivity index (χ1v) is 13.0. The molecule has 36 heavy (non-hydrogen) atoms. The fourth-order valence-electron chi connectivity index (χ4n) is 3.61. The molecule has 1 unspecified atom stereocenters. The number of hydrogen-bond acceptors (Lipinski definition) is 4. The van der Waals surface area contributed by atoms with Crippen molar-refractivity contribution in [1.29, 1.82) is 0 Å². The molecule has 1 atom stereocenters. The third-order valence-electron chi connectivity index (χ3n) is 5.72. The zero-order valence-electron chi connectivity index (χ0n) is 20.1. The third kappa shape index (κ3) is 6.03. The van der Waals surface area contributed by atoms with Gasteiger partial charge in [-0.1, -0.05) is 59.6 Å². The number of carbonyl (C=O) groups excluding carboxylic acids is 2. The van der Waals surface area contributed by atoms with Gasteiger partial charge in [-0.3, -0.25) is 13.9 Å². The van der Waals surface area contributed by atoms with Gasteiger partial charge in [-0.15, -0.1) is 0 Å². The molecule has 0 heterocycles. The van der Waals surface area contributed by atoms with E-state index in [9.17, 15) is 22.4 Å². The van der Waals surface area contributed by atoms with Crippen LogP contribution < -0.4 is 9.62 Å². The normalized spacial score (nSPS) is 12.0. The Hall–Kier alpha value is -3.43. The van der Waals surface area contributed by atoms with E-state index in [1.54, 1.807) is 30.3 Å². The molecule has 10 heteroatoms. The summed E-state index contributed by atoms with van der Waals surface area (Å²) in [5.41, 5.74) is 1.16. The molecule has 190 valence electrons. The minimum Gasteiger partial charge on any atom is -0.357 e. The number of halogens is 2. The van der Waals surface area contributed by atoms with Gasteiger partial charge in [0.25, 0.3) is 10.0 Å². The molecule has 0 aliphatic carbocycles. The number of aryl methyl sites for hydroxylation is 1. The van der Waals surface area contributed by atoms with Crippen molar-refractivity contribution in [3.05, 3.63) is 94.8 Å². The summed E-state index contributed by atoms with van der Waals surface area (Å²) < 4.78 is 42.7. The minimum atomic E-state index is -4.23. The van der Waals surface area contributed by atoms with Gasteiger partial charge >= 0.3 is 0 Å². The van der Waals surface area contributed by atoms with Crippen LogP contribution in [0.15, 0.2) is 77.7 Å². The molecule has 2 amide bonds. The Kier molecular flexibility index (Phi) is 8.70. The maximum atomic E-state index is 14.4. The predicted molar refractivity (Wildman–Crippen MR) is 138 cm³/mol. The average Bonchev–Trinajstić information content (AvgIpc) is 2.86. The van der Waals surface area contributed by atoms with E-state index in [0.29, 0.717) is 0 Å². The van der Waals surface area contributed by atoms with Crippen molar-refractivity contribution in [2.24, 2.45) is 0 Å². The topological polar surface area (TPSA) is 86.8 Å². The number of benzene rings is 3. The summed E-state index contributed by atoms with van der Waals surface area (Å²) >= 11 is 6.34. The number of rotatable bonds is 9. The molecule has 1 N–H and O–H groups in total. The van der Waals surface area contributed by atoms with Crippen molar-refractivity contribution < 1.29 is 22.4 Å². The zero-order valence-corrected chi connectivity index (χ0v) is 21.7. The van der Waals surface area contributed by atoms with E-state index in [2.05, 4.69) is 5.32 Å². The molecule has 0 aromatic heterocycles. The number of hydrogen-bond donors (Lipinski definition) is 1. The van der Waals surface area contributed by atoms with Crippen LogP contribution in [-0.4, -0.2) is 44.8 Å². The van der Waals surface area contributed by atoms with Crippen LogP contribution in [0.25, 0.3) is 0 Å². The van der Waals surface area contributed by atoms with Gasteiger partial charge in [0.1, 0.15) is 18.4 Å². The van der Waals surface area contributed by atoms with E-state index in [1.165, 1.54) is 56.4 Å². The van der Waals surface area contributed by atoms with Crippen LogP contribution in [0.2, 0.25) is 5.02 Å². The van der Waals surface area contributed by atoms with Crippen LogP contribution in [0.3, 0.4) is 0 Å². The first-order chi connectivity index (χ1) is 17.1. The molecule has 3 aromatic carbocycles. The number of carbonyl (C=O) groups is 2. The van der Waals surface area contributed by atoms with Gasteiger partial charge in [0, 0.05) is 19.2 Å². The maximum absolute atomic E-state index is 14.4. The standard InChI is InChI=1S/C26H27ClFN3O4S/c1-18-12-14-21(15-13-18)36(34,35)31(24-11-7-5-9-22(24)27)17-25(32)30(19(2)26(33)29-3)16-20-8-4-6-10-23(20)28/h4-15,19H,16-17H2,1-3H3,(H,29,33). The minimum absolute atomic E-state index is 0.0270. The largest absolute Gasteiger partial charge is 0.357 e. The molecule has 0 radical (unpaired) electrons. The van der Waals surface area contributed by atoms with Gasteiger partial charge in [0.05, 0.1) is 15.6 Å². The summed E-state index contributed by atoms with van der Waals surface area (Å²) in [4.78, 5) is 27.2. The number of sulfonamides is 1. The summed E-state index contributed by atoms with van der Waals surface area (Å²) in [6.45, 7) is 2.43. The molecule has 0 bridgehead atoms. The van der Waals surface area contributed by atoms with Gasteiger partial charge in [0.15, 0.2) is 0 Å².